The van der Waals surface area contributed by atoms with Gasteiger partial charge in [-0.05, 0) is 42.5 Å². The van der Waals surface area contributed by atoms with Crippen LogP contribution in [-0.4, -0.2) is 21.8 Å². The molecule has 0 fully saturated rings. The molecule has 130 valence electrons. The quantitative estimate of drug-likeness (QED) is 0.674. The predicted octanol–water partition coefficient (Wildman–Crippen LogP) is 2.30. The maximum atomic E-state index is 12.5. The molecule has 0 spiro atoms. The van der Waals surface area contributed by atoms with Gasteiger partial charge in [-0.1, -0.05) is 17.7 Å². The lowest BCUT2D eigenvalue weighted by atomic mass is 10.2. The van der Waals surface area contributed by atoms with Crippen LogP contribution in [0.5, 0.6) is 5.75 Å². The number of benzene rings is 2. The van der Waals surface area contributed by atoms with Crippen LogP contribution in [0, 0.1) is 0 Å². The third kappa shape index (κ3) is 3.59. The van der Waals surface area contributed by atoms with Gasteiger partial charge in [-0.2, -0.15) is 8.42 Å². The smallest absolute Gasteiger partial charge is 0.339 e. The molecule has 0 radical (unpaired) electrons. The fourth-order valence-corrected chi connectivity index (χ4v) is 3.99. The molecule has 2 aromatic carbocycles. The molecule has 0 unspecified atom stereocenters. The van der Waals surface area contributed by atoms with Crippen LogP contribution in [0.25, 0.3) is 10.9 Å². The van der Waals surface area contributed by atoms with E-state index in [-0.39, 0.29) is 21.1 Å². The summed E-state index contributed by atoms with van der Waals surface area (Å²) in [6, 6.07) is 10.8. The first-order chi connectivity index (χ1) is 11.7. The maximum absolute atomic E-state index is 12.5. The number of hydrogen-bond donors (Lipinski definition) is 1. The van der Waals surface area contributed by atoms with E-state index in [1.807, 2.05) is 0 Å². The first-order valence-electron chi connectivity index (χ1n) is 6.79. The normalized spacial score (nSPS) is 12.2. The molecule has 3 rings (SSSR count). The Kier molecular flexibility index (Phi) is 4.41. The highest BCUT2D eigenvalue weighted by Gasteiger charge is 2.21. The number of rotatable bonds is 4. The van der Waals surface area contributed by atoms with Crippen LogP contribution >= 0.6 is 11.6 Å². The van der Waals surface area contributed by atoms with E-state index in [1.165, 1.54) is 36.5 Å². The van der Waals surface area contributed by atoms with Crippen LogP contribution < -0.4 is 9.32 Å². The predicted molar refractivity (Wildman–Crippen MR) is 92.4 cm³/mol. The monoisotopic (exact) mass is 398 g/mol. The van der Waals surface area contributed by atoms with Crippen LogP contribution in [0.3, 0.4) is 0 Å². The molecule has 10 heteroatoms. The van der Waals surface area contributed by atoms with E-state index in [1.54, 1.807) is 12.1 Å². The topological polar surface area (TPSA) is 116 Å². The van der Waals surface area contributed by atoms with Crippen molar-refractivity contribution in [3.63, 3.8) is 0 Å². The minimum Gasteiger partial charge on any atom is -0.377 e. The zero-order valence-electron chi connectivity index (χ0n) is 12.5. The molecule has 3 aromatic rings. The third-order valence-corrected chi connectivity index (χ3v) is 5.77. The highest BCUT2D eigenvalue weighted by Crippen LogP contribution is 2.31. The zero-order chi connectivity index (χ0) is 18.2. The summed E-state index contributed by atoms with van der Waals surface area (Å²) in [5.74, 6) is -0.0268. The van der Waals surface area contributed by atoms with E-state index >= 15 is 0 Å². The molecule has 0 aliphatic rings. The Balaban J connectivity index is 2.08. The molecule has 7 nitrogen and oxygen atoms in total. The highest BCUT2D eigenvalue weighted by atomic mass is 35.5. The fourth-order valence-electron chi connectivity index (χ4n) is 2.15. The summed E-state index contributed by atoms with van der Waals surface area (Å²) in [6.45, 7) is 0. The summed E-state index contributed by atoms with van der Waals surface area (Å²) in [7, 11) is -8.35. The second-order valence-corrected chi connectivity index (χ2v) is 8.52. The number of pyridine rings is 1. The van der Waals surface area contributed by atoms with Gasteiger partial charge in [0.25, 0.3) is 0 Å². The Morgan fingerprint density at radius 1 is 0.960 bits per heavy atom. The standard InChI is InChI=1S/C15H11ClN2O5S2/c16-13-6-7-14(15-12(13)5-2-8-18-15)23-25(21,22)11-4-1-3-10(9-11)24(17,19)20/h1-9H,(H2,17,19,20). The summed E-state index contributed by atoms with van der Waals surface area (Å²) < 4.78 is 52.9. The van der Waals surface area contributed by atoms with Crippen molar-refractivity contribution in [2.24, 2.45) is 5.14 Å². The van der Waals surface area contributed by atoms with E-state index in [4.69, 9.17) is 20.9 Å². The lowest BCUT2D eigenvalue weighted by Crippen LogP contribution is -2.14. The molecular weight excluding hydrogens is 388 g/mol. The average Bonchev–Trinajstić information content (AvgIpc) is 2.57. The van der Waals surface area contributed by atoms with Crippen molar-refractivity contribution in [3.8, 4) is 5.75 Å². The van der Waals surface area contributed by atoms with Gasteiger partial charge in [0.1, 0.15) is 10.4 Å². The molecule has 0 atom stereocenters. The van der Waals surface area contributed by atoms with E-state index in [0.29, 0.717) is 10.4 Å². The summed E-state index contributed by atoms with van der Waals surface area (Å²) in [5.41, 5.74) is 0.265. The van der Waals surface area contributed by atoms with E-state index < -0.39 is 20.1 Å². The Morgan fingerprint density at radius 3 is 2.40 bits per heavy atom. The van der Waals surface area contributed by atoms with Crippen LogP contribution in [0.4, 0.5) is 0 Å². The van der Waals surface area contributed by atoms with Gasteiger partial charge in [0.15, 0.2) is 5.75 Å². The SMILES string of the molecule is NS(=O)(=O)c1cccc(S(=O)(=O)Oc2ccc(Cl)c3cccnc23)c1. The van der Waals surface area contributed by atoms with Gasteiger partial charge in [-0.15, -0.1) is 0 Å². The Labute approximate surface area is 149 Å². The van der Waals surface area contributed by atoms with Crippen LogP contribution in [0.15, 0.2) is 64.5 Å². The average molecular weight is 399 g/mol. The molecule has 0 amide bonds. The van der Waals surface area contributed by atoms with Gasteiger partial charge in [0.2, 0.25) is 10.0 Å². The number of hydrogen-bond acceptors (Lipinski definition) is 6. The van der Waals surface area contributed by atoms with Gasteiger partial charge in [0.05, 0.1) is 9.92 Å². The van der Waals surface area contributed by atoms with Crippen LogP contribution in [0.2, 0.25) is 5.02 Å². The van der Waals surface area contributed by atoms with Gasteiger partial charge >= 0.3 is 10.1 Å². The molecular formula is C15H11ClN2O5S2. The minimum absolute atomic E-state index is 0.0268. The van der Waals surface area contributed by atoms with E-state index in [0.717, 1.165) is 6.07 Å². The second kappa shape index (κ2) is 6.26. The number of nitrogens with two attached hydrogens (primary N) is 1. The number of aromatic nitrogens is 1. The Bertz CT molecular complexity index is 1180. The van der Waals surface area contributed by atoms with Crippen molar-refractivity contribution in [1.82, 2.24) is 4.98 Å². The molecule has 25 heavy (non-hydrogen) atoms. The lowest BCUT2D eigenvalue weighted by molar-refractivity contribution is 0.488. The fraction of sp³-hybridized carbons (Fsp3) is 0. The van der Waals surface area contributed by atoms with Gasteiger partial charge in [0, 0.05) is 11.6 Å². The lowest BCUT2D eigenvalue weighted by Gasteiger charge is -2.10. The Morgan fingerprint density at radius 2 is 1.68 bits per heavy atom. The van der Waals surface area contributed by atoms with Crippen molar-refractivity contribution in [1.29, 1.82) is 0 Å². The summed E-state index contributed by atoms with van der Waals surface area (Å²) in [5, 5.41) is 5.94. The van der Waals surface area contributed by atoms with Gasteiger partial charge in [-0.3, -0.25) is 4.98 Å². The summed E-state index contributed by atoms with van der Waals surface area (Å²) in [6.07, 6.45) is 1.47. The number of sulfonamides is 1. The number of halogens is 1. The van der Waals surface area contributed by atoms with Crippen molar-refractivity contribution < 1.29 is 21.0 Å². The first-order valence-corrected chi connectivity index (χ1v) is 10.1. The van der Waals surface area contributed by atoms with Crippen molar-refractivity contribution in [2.45, 2.75) is 9.79 Å². The molecule has 0 aliphatic heterocycles. The largest absolute Gasteiger partial charge is 0.377 e. The minimum atomic E-state index is -4.30. The van der Waals surface area contributed by atoms with E-state index in [9.17, 15) is 16.8 Å². The molecule has 0 saturated heterocycles. The molecule has 0 aliphatic carbocycles. The first kappa shape index (κ1) is 17.6. The van der Waals surface area contributed by atoms with Gasteiger partial charge in [-0.25, -0.2) is 13.6 Å². The van der Waals surface area contributed by atoms with E-state index in [2.05, 4.69) is 4.98 Å². The Hall–Kier alpha value is -2.20. The number of nitrogens with zero attached hydrogens (tertiary/aromatic N) is 1. The molecule has 1 aromatic heterocycles. The van der Waals surface area contributed by atoms with Gasteiger partial charge < -0.3 is 4.18 Å². The zero-order valence-corrected chi connectivity index (χ0v) is 14.8. The number of fused-ring (bicyclic) bond motifs is 1. The summed E-state index contributed by atoms with van der Waals surface area (Å²) >= 11 is 6.06. The molecule has 2 N–H and O–H groups in total. The summed E-state index contributed by atoms with van der Waals surface area (Å²) in [4.78, 5) is 3.40. The molecule has 0 saturated carbocycles. The van der Waals surface area contributed by atoms with Crippen molar-refractivity contribution >= 4 is 42.6 Å². The number of primary sulfonamides is 1. The second-order valence-electron chi connectivity index (χ2n) is 5.00. The maximum Gasteiger partial charge on any atom is 0.339 e. The van der Waals surface area contributed by atoms with Crippen LogP contribution in [-0.2, 0) is 20.1 Å². The van der Waals surface area contributed by atoms with Crippen molar-refractivity contribution in [2.75, 3.05) is 0 Å². The third-order valence-electron chi connectivity index (χ3n) is 3.30. The highest BCUT2D eigenvalue weighted by molar-refractivity contribution is 7.89. The molecule has 1 heterocycles. The van der Waals surface area contributed by atoms with Crippen LogP contribution in [0.1, 0.15) is 0 Å². The van der Waals surface area contributed by atoms with Crippen molar-refractivity contribution in [3.05, 3.63) is 59.8 Å². The molecule has 0 bridgehead atoms.